The Morgan fingerprint density at radius 2 is 1.96 bits per heavy atom. The number of hydrogen-bond donors (Lipinski definition) is 1. The van der Waals surface area contributed by atoms with E-state index in [4.69, 9.17) is 27.9 Å². The van der Waals surface area contributed by atoms with Gasteiger partial charge in [0.05, 0.1) is 24.3 Å². The highest BCUT2D eigenvalue weighted by molar-refractivity contribution is 6.36. The van der Waals surface area contributed by atoms with Crippen LogP contribution in [0.3, 0.4) is 0 Å². The summed E-state index contributed by atoms with van der Waals surface area (Å²) in [6, 6.07) is 12.4. The quantitative estimate of drug-likeness (QED) is 0.630. The fourth-order valence-corrected chi connectivity index (χ4v) is 2.33. The van der Waals surface area contributed by atoms with Crippen molar-refractivity contribution in [1.82, 2.24) is 5.43 Å². The highest BCUT2D eigenvalue weighted by Gasteiger charge is 2.03. The number of amides is 1. The SMILES string of the molecule is CCOc1ccc(CC(=O)N/N=C/c2ccc(Cl)cc2Cl)cc1. The molecule has 1 N–H and O–H groups in total. The average molecular weight is 351 g/mol. The standard InChI is InChI=1S/C17H16Cl2N2O2/c1-2-23-15-7-3-12(4-8-15)9-17(22)21-20-11-13-5-6-14(18)10-16(13)19/h3-8,10-11H,2,9H2,1H3,(H,21,22)/b20-11+. The Labute approximate surface area is 145 Å². The van der Waals surface area contributed by atoms with Crippen LogP contribution >= 0.6 is 23.2 Å². The predicted molar refractivity (Wildman–Crippen MR) is 93.5 cm³/mol. The van der Waals surface area contributed by atoms with Crippen LogP contribution < -0.4 is 10.2 Å². The number of nitrogens with zero attached hydrogens (tertiary/aromatic N) is 1. The molecule has 2 rings (SSSR count). The summed E-state index contributed by atoms with van der Waals surface area (Å²) in [7, 11) is 0. The van der Waals surface area contributed by atoms with Crippen LogP contribution in [0.5, 0.6) is 5.75 Å². The molecule has 2 aromatic rings. The van der Waals surface area contributed by atoms with E-state index in [1.165, 1.54) is 6.21 Å². The smallest absolute Gasteiger partial charge is 0.244 e. The molecule has 0 spiro atoms. The van der Waals surface area contributed by atoms with Crippen molar-refractivity contribution < 1.29 is 9.53 Å². The maximum Gasteiger partial charge on any atom is 0.244 e. The molecule has 0 aliphatic rings. The molecular weight excluding hydrogens is 335 g/mol. The Morgan fingerprint density at radius 1 is 1.22 bits per heavy atom. The largest absolute Gasteiger partial charge is 0.494 e. The molecular formula is C17H16Cl2N2O2. The topological polar surface area (TPSA) is 50.7 Å². The molecule has 1 amide bonds. The lowest BCUT2D eigenvalue weighted by molar-refractivity contribution is -0.120. The van der Waals surface area contributed by atoms with Gasteiger partial charge in [-0.25, -0.2) is 5.43 Å². The molecule has 0 fully saturated rings. The average Bonchev–Trinajstić information content (AvgIpc) is 2.52. The van der Waals surface area contributed by atoms with Gasteiger partial charge in [0.2, 0.25) is 5.91 Å². The highest BCUT2D eigenvalue weighted by Crippen LogP contribution is 2.19. The van der Waals surface area contributed by atoms with Gasteiger partial charge in [-0.05, 0) is 36.8 Å². The number of carbonyl (C=O) groups excluding carboxylic acids is 1. The van der Waals surface area contributed by atoms with E-state index in [1.807, 2.05) is 31.2 Å². The Balaban J connectivity index is 1.88. The monoisotopic (exact) mass is 350 g/mol. The molecule has 0 unspecified atom stereocenters. The number of halogens is 2. The molecule has 0 aliphatic heterocycles. The number of hydrazone groups is 1. The van der Waals surface area contributed by atoms with Crippen molar-refractivity contribution in [2.45, 2.75) is 13.3 Å². The summed E-state index contributed by atoms with van der Waals surface area (Å²) in [5.74, 6) is 0.572. The van der Waals surface area contributed by atoms with Crippen molar-refractivity contribution in [3.8, 4) is 5.75 Å². The molecule has 0 atom stereocenters. The van der Waals surface area contributed by atoms with Gasteiger partial charge in [-0.3, -0.25) is 4.79 Å². The number of hydrogen-bond acceptors (Lipinski definition) is 3. The van der Waals surface area contributed by atoms with Crippen molar-refractivity contribution in [3.05, 3.63) is 63.6 Å². The van der Waals surface area contributed by atoms with Crippen LogP contribution in [0.25, 0.3) is 0 Å². The third-order valence-corrected chi connectivity index (χ3v) is 3.52. The first-order valence-corrected chi connectivity index (χ1v) is 7.82. The normalized spacial score (nSPS) is 10.7. The van der Waals surface area contributed by atoms with E-state index in [1.54, 1.807) is 18.2 Å². The van der Waals surface area contributed by atoms with E-state index < -0.39 is 0 Å². The van der Waals surface area contributed by atoms with Gasteiger partial charge < -0.3 is 4.74 Å². The molecule has 0 aromatic heterocycles. The number of benzene rings is 2. The van der Waals surface area contributed by atoms with Crippen LogP contribution in [0.2, 0.25) is 10.0 Å². The molecule has 0 radical (unpaired) electrons. The van der Waals surface area contributed by atoms with E-state index >= 15 is 0 Å². The second-order valence-corrected chi connectivity index (χ2v) is 5.56. The maximum atomic E-state index is 11.8. The first kappa shape index (κ1) is 17.3. The molecule has 0 saturated heterocycles. The van der Waals surface area contributed by atoms with Gasteiger partial charge in [0.25, 0.3) is 0 Å². The molecule has 23 heavy (non-hydrogen) atoms. The highest BCUT2D eigenvalue weighted by atomic mass is 35.5. The van der Waals surface area contributed by atoms with Crippen LogP contribution in [-0.4, -0.2) is 18.7 Å². The molecule has 0 heterocycles. The minimum Gasteiger partial charge on any atom is -0.494 e. The van der Waals surface area contributed by atoms with Gasteiger partial charge in [-0.1, -0.05) is 41.4 Å². The Bertz CT molecular complexity index is 700. The fourth-order valence-electron chi connectivity index (χ4n) is 1.88. The van der Waals surface area contributed by atoms with Crippen molar-refractivity contribution in [3.63, 3.8) is 0 Å². The van der Waals surface area contributed by atoms with Crippen LogP contribution in [0.15, 0.2) is 47.6 Å². The van der Waals surface area contributed by atoms with Crippen LogP contribution in [0.4, 0.5) is 0 Å². The van der Waals surface area contributed by atoms with E-state index in [9.17, 15) is 4.79 Å². The molecule has 120 valence electrons. The maximum absolute atomic E-state index is 11.8. The Kier molecular flexibility index (Phi) is 6.44. The zero-order valence-corrected chi connectivity index (χ0v) is 14.1. The van der Waals surface area contributed by atoms with Crippen molar-refractivity contribution in [2.24, 2.45) is 5.10 Å². The predicted octanol–water partition coefficient (Wildman–Crippen LogP) is 4.08. The summed E-state index contributed by atoms with van der Waals surface area (Å²) in [4.78, 5) is 11.8. The Morgan fingerprint density at radius 3 is 2.61 bits per heavy atom. The zero-order valence-electron chi connectivity index (χ0n) is 12.6. The summed E-state index contributed by atoms with van der Waals surface area (Å²) in [5.41, 5.74) is 4.03. The summed E-state index contributed by atoms with van der Waals surface area (Å²) in [6.07, 6.45) is 1.72. The minimum absolute atomic E-state index is 0.213. The van der Waals surface area contributed by atoms with E-state index in [0.29, 0.717) is 22.2 Å². The first-order chi connectivity index (χ1) is 11.1. The van der Waals surface area contributed by atoms with Gasteiger partial charge in [-0.2, -0.15) is 5.10 Å². The lowest BCUT2D eigenvalue weighted by Gasteiger charge is -2.04. The number of carbonyl (C=O) groups is 1. The van der Waals surface area contributed by atoms with Gasteiger partial charge in [-0.15, -0.1) is 0 Å². The molecule has 0 saturated carbocycles. The summed E-state index contributed by atoms with van der Waals surface area (Å²) in [5, 5.41) is 4.92. The molecule has 0 aliphatic carbocycles. The second-order valence-electron chi connectivity index (χ2n) is 4.71. The lowest BCUT2D eigenvalue weighted by Crippen LogP contribution is -2.19. The van der Waals surface area contributed by atoms with Crippen LogP contribution in [-0.2, 0) is 11.2 Å². The van der Waals surface area contributed by atoms with E-state index in [2.05, 4.69) is 10.5 Å². The molecule has 6 heteroatoms. The van der Waals surface area contributed by atoms with E-state index in [-0.39, 0.29) is 12.3 Å². The molecule has 4 nitrogen and oxygen atoms in total. The summed E-state index contributed by atoms with van der Waals surface area (Å²) in [6.45, 7) is 2.54. The van der Waals surface area contributed by atoms with Gasteiger partial charge in [0.15, 0.2) is 0 Å². The number of ether oxygens (including phenoxy) is 1. The fraction of sp³-hybridized carbons (Fsp3) is 0.176. The lowest BCUT2D eigenvalue weighted by atomic mass is 10.1. The number of nitrogens with one attached hydrogen (secondary N) is 1. The summed E-state index contributed by atoms with van der Waals surface area (Å²) < 4.78 is 5.35. The van der Waals surface area contributed by atoms with Crippen LogP contribution in [0.1, 0.15) is 18.1 Å². The third kappa shape index (κ3) is 5.58. The number of rotatable bonds is 6. The first-order valence-electron chi connectivity index (χ1n) is 7.07. The van der Waals surface area contributed by atoms with Crippen molar-refractivity contribution in [1.29, 1.82) is 0 Å². The van der Waals surface area contributed by atoms with Crippen molar-refractivity contribution >= 4 is 35.3 Å². The summed E-state index contributed by atoms with van der Waals surface area (Å²) >= 11 is 11.8. The van der Waals surface area contributed by atoms with E-state index in [0.717, 1.165) is 11.3 Å². The zero-order chi connectivity index (χ0) is 16.7. The Hall–Kier alpha value is -2.04. The van der Waals surface area contributed by atoms with Gasteiger partial charge >= 0.3 is 0 Å². The molecule has 0 bridgehead atoms. The van der Waals surface area contributed by atoms with Gasteiger partial charge in [0, 0.05) is 10.6 Å². The third-order valence-electron chi connectivity index (χ3n) is 2.95. The van der Waals surface area contributed by atoms with Crippen molar-refractivity contribution in [2.75, 3.05) is 6.61 Å². The molecule has 2 aromatic carbocycles. The minimum atomic E-state index is -0.213. The second kappa shape index (κ2) is 8.56. The van der Waals surface area contributed by atoms with Crippen LogP contribution in [0, 0.1) is 0 Å². The van der Waals surface area contributed by atoms with Gasteiger partial charge in [0.1, 0.15) is 5.75 Å².